The summed E-state index contributed by atoms with van der Waals surface area (Å²) >= 11 is 0. The average Bonchev–Trinajstić information content (AvgIpc) is 2.29. The van der Waals surface area contributed by atoms with Gasteiger partial charge in [0, 0.05) is 11.6 Å². The minimum atomic E-state index is -0.538. The number of rotatable bonds is 1. The molecule has 3 nitrogen and oxygen atoms in total. The highest BCUT2D eigenvalue weighted by molar-refractivity contribution is 5.72. The first-order valence-electron chi connectivity index (χ1n) is 4.84. The molecule has 2 rings (SSSR count). The van der Waals surface area contributed by atoms with Crippen molar-refractivity contribution in [3.05, 3.63) is 47.8 Å². The van der Waals surface area contributed by atoms with Gasteiger partial charge in [-0.3, -0.25) is 0 Å². The Morgan fingerprint density at radius 2 is 1.76 bits per heavy atom. The van der Waals surface area contributed by atoms with Crippen LogP contribution < -0.4 is 0 Å². The molecule has 0 atom stereocenters. The second-order valence-electron chi connectivity index (χ2n) is 3.51. The fourth-order valence-corrected chi connectivity index (χ4v) is 1.54. The Morgan fingerprint density at radius 1 is 1.00 bits per heavy atom. The Labute approximate surface area is 97.0 Å². The molecule has 0 aromatic heterocycles. The number of hydrogen-bond donors (Lipinski definition) is 2. The van der Waals surface area contributed by atoms with Crippen molar-refractivity contribution in [2.75, 3.05) is 0 Å². The van der Waals surface area contributed by atoms with Gasteiger partial charge in [0.15, 0.2) is 0 Å². The lowest BCUT2D eigenvalue weighted by Gasteiger charge is -2.06. The van der Waals surface area contributed by atoms with Crippen LogP contribution in [0.15, 0.2) is 36.4 Å². The number of nitriles is 1. The Hall–Kier alpha value is -2.54. The van der Waals surface area contributed by atoms with Crippen molar-refractivity contribution in [3.8, 4) is 28.7 Å². The first kappa shape index (κ1) is 11.0. The van der Waals surface area contributed by atoms with Crippen LogP contribution in [0.25, 0.3) is 11.1 Å². The van der Waals surface area contributed by atoms with Crippen LogP contribution in [0, 0.1) is 17.1 Å². The van der Waals surface area contributed by atoms with Crippen molar-refractivity contribution in [1.29, 1.82) is 5.26 Å². The van der Waals surface area contributed by atoms with Gasteiger partial charge in [0.05, 0.1) is 5.56 Å². The Kier molecular flexibility index (Phi) is 2.67. The van der Waals surface area contributed by atoms with E-state index in [4.69, 9.17) is 5.26 Å². The van der Waals surface area contributed by atoms with Gasteiger partial charge >= 0.3 is 0 Å². The highest BCUT2D eigenvalue weighted by Crippen LogP contribution is 2.32. The maximum absolute atomic E-state index is 12.8. The van der Waals surface area contributed by atoms with Gasteiger partial charge in [0.1, 0.15) is 23.4 Å². The zero-order valence-electron chi connectivity index (χ0n) is 8.68. The van der Waals surface area contributed by atoms with Crippen molar-refractivity contribution in [3.63, 3.8) is 0 Å². The van der Waals surface area contributed by atoms with E-state index in [1.54, 1.807) is 6.07 Å². The predicted molar refractivity (Wildman–Crippen MR) is 59.9 cm³/mol. The third-order valence-electron chi connectivity index (χ3n) is 2.39. The molecule has 0 aliphatic heterocycles. The van der Waals surface area contributed by atoms with E-state index in [1.165, 1.54) is 24.3 Å². The largest absolute Gasteiger partial charge is 0.507 e. The summed E-state index contributed by atoms with van der Waals surface area (Å²) in [6.45, 7) is 0. The molecule has 0 radical (unpaired) electrons. The topological polar surface area (TPSA) is 64.2 Å². The molecule has 4 heteroatoms. The summed E-state index contributed by atoms with van der Waals surface area (Å²) in [6, 6.07) is 9.80. The number of phenolic OH excluding ortho intramolecular Hbond substituents is 2. The first-order chi connectivity index (χ1) is 8.11. The third kappa shape index (κ3) is 2.04. The van der Waals surface area contributed by atoms with E-state index in [-0.39, 0.29) is 17.1 Å². The number of hydrogen-bond acceptors (Lipinski definition) is 3. The van der Waals surface area contributed by atoms with Gasteiger partial charge in [-0.25, -0.2) is 4.39 Å². The van der Waals surface area contributed by atoms with Crippen LogP contribution in [0.2, 0.25) is 0 Å². The van der Waals surface area contributed by atoms with E-state index in [0.29, 0.717) is 11.1 Å². The molecule has 0 spiro atoms. The van der Waals surface area contributed by atoms with E-state index in [0.717, 1.165) is 6.07 Å². The van der Waals surface area contributed by atoms with Crippen molar-refractivity contribution in [1.82, 2.24) is 0 Å². The SMILES string of the molecule is N#Cc1ccc(-c2ccc(F)cc2O)cc1O. The molecule has 0 aliphatic rings. The molecule has 0 unspecified atom stereocenters. The van der Waals surface area contributed by atoms with Crippen molar-refractivity contribution < 1.29 is 14.6 Å². The van der Waals surface area contributed by atoms with Gasteiger partial charge in [-0.1, -0.05) is 6.07 Å². The second kappa shape index (κ2) is 4.14. The summed E-state index contributed by atoms with van der Waals surface area (Å²) in [5, 5.41) is 27.8. The lowest BCUT2D eigenvalue weighted by Crippen LogP contribution is -1.83. The normalized spacial score (nSPS) is 9.88. The van der Waals surface area contributed by atoms with Gasteiger partial charge in [-0.05, 0) is 29.8 Å². The molecule has 2 N–H and O–H groups in total. The molecule has 0 heterocycles. The van der Waals surface area contributed by atoms with Crippen LogP contribution >= 0.6 is 0 Å². The standard InChI is InChI=1S/C13H8FNO2/c14-10-3-4-11(13(17)6-10)8-1-2-9(7-15)12(16)5-8/h1-6,16-17H. The Morgan fingerprint density at radius 3 is 2.35 bits per heavy atom. The van der Waals surface area contributed by atoms with Crippen LogP contribution in [-0.2, 0) is 0 Å². The smallest absolute Gasteiger partial charge is 0.133 e. The summed E-state index contributed by atoms with van der Waals surface area (Å²) in [6.07, 6.45) is 0. The molecule has 17 heavy (non-hydrogen) atoms. The lowest BCUT2D eigenvalue weighted by molar-refractivity contribution is 0.470. The Balaban J connectivity index is 2.54. The van der Waals surface area contributed by atoms with E-state index >= 15 is 0 Å². The summed E-state index contributed by atoms with van der Waals surface area (Å²) in [7, 11) is 0. The van der Waals surface area contributed by atoms with Crippen molar-refractivity contribution in [2.45, 2.75) is 0 Å². The maximum atomic E-state index is 12.8. The number of benzene rings is 2. The monoisotopic (exact) mass is 229 g/mol. The molecule has 2 aromatic rings. The van der Waals surface area contributed by atoms with E-state index < -0.39 is 5.82 Å². The number of halogens is 1. The molecule has 2 aromatic carbocycles. The third-order valence-corrected chi connectivity index (χ3v) is 2.39. The molecule has 84 valence electrons. The average molecular weight is 229 g/mol. The maximum Gasteiger partial charge on any atom is 0.133 e. The van der Waals surface area contributed by atoms with E-state index in [2.05, 4.69) is 0 Å². The van der Waals surface area contributed by atoms with Crippen LogP contribution in [0.4, 0.5) is 4.39 Å². The van der Waals surface area contributed by atoms with Crippen LogP contribution in [-0.4, -0.2) is 10.2 Å². The fraction of sp³-hybridized carbons (Fsp3) is 0. The molecule has 0 fully saturated rings. The molecule has 0 saturated heterocycles. The molecular formula is C13H8FNO2. The van der Waals surface area contributed by atoms with Gasteiger partial charge in [-0.15, -0.1) is 0 Å². The minimum absolute atomic E-state index is 0.148. The highest BCUT2D eigenvalue weighted by atomic mass is 19.1. The van der Waals surface area contributed by atoms with E-state index in [9.17, 15) is 14.6 Å². The fourth-order valence-electron chi connectivity index (χ4n) is 1.54. The highest BCUT2D eigenvalue weighted by Gasteiger charge is 2.08. The van der Waals surface area contributed by atoms with Crippen LogP contribution in [0.5, 0.6) is 11.5 Å². The molecule has 0 aliphatic carbocycles. The Bertz CT molecular complexity index is 617. The van der Waals surface area contributed by atoms with Gasteiger partial charge in [-0.2, -0.15) is 5.26 Å². The van der Waals surface area contributed by atoms with Gasteiger partial charge in [0.25, 0.3) is 0 Å². The lowest BCUT2D eigenvalue weighted by atomic mass is 10.0. The van der Waals surface area contributed by atoms with Crippen molar-refractivity contribution >= 4 is 0 Å². The zero-order chi connectivity index (χ0) is 12.4. The predicted octanol–water partition coefficient (Wildman–Crippen LogP) is 2.78. The molecule has 0 bridgehead atoms. The van der Waals surface area contributed by atoms with Crippen LogP contribution in [0.1, 0.15) is 5.56 Å². The first-order valence-corrected chi connectivity index (χ1v) is 4.84. The summed E-state index contributed by atoms with van der Waals surface area (Å²) in [5.74, 6) is -0.924. The molecular weight excluding hydrogens is 221 g/mol. The summed E-state index contributed by atoms with van der Waals surface area (Å²) in [5.41, 5.74) is 1.06. The van der Waals surface area contributed by atoms with Crippen molar-refractivity contribution in [2.24, 2.45) is 0 Å². The molecule has 0 amide bonds. The van der Waals surface area contributed by atoms with Gasteiger partial charge < -0.3 is 10.2 Å². The van der Waals surface area contributed by atoms with Gasteiger partial charge in [0.2, 0.25) is 0 Å². The van der Waals surface area contributed by atoms with E-state index in [1.807, 2.05) is 6.07 Å². The summed E-state index contributed by atoms with van der Waals surface area (Å²) < 4.78 is 12.8. The number of nitrogens with zero attached hydrogens (tertiary/aromatic N) is 1. The molecule has 0 saturated carbocycles. The second-order valence-corrected chi connectivity index (χ2v) is 3.51. The van der Waals surface area contributed by atoms with Crippen LogP contribution in [0.3, 0.4) is 0 Å². The quantitative estimate of drug-likeness (QED) is 0.790. The minimum Gasteiger partial charge on any atom is -0.507 e. The number of phenols is 2. The number of aromatic hydroxyl groups is 2. The summed E-state index contributed by atoms with van der Waals surface area (Å²) in [4.78, 5) is 0. The zero-order valence-corrected chi connectivity index (χ0v) is 8.68.